The molecule has 0 atom stereocenters. The Bertz CT molecular complexity index is 1240. The van der Waals surface area contributed by atoms with Crippen LogP contribution in [0.4, 0.5) is 5.69 Å². The van der Waals surface area contributed by atoms with Gasteiger partial charge in [-0.2, -0.15) is 0 Å². The molecule has 0 saturated carbocycles. The Kier molecular flexibility index (Phi) is 5.53. The molecule has 3 heterocycles. The molecule has 0 spiro atoms. The van der Waals surface area contributed by atoms with Crippen molar-refractivity contribution in [3.05, 3.63) is 75.0 Å². The Hall–Kier alpha value is -3.43. The molecule has 9 heteroatoms. The van der Waals surface area contributed by atoms with Gasteiger partial charge in [0, 0.05) is 49.8 Å². The molecule has 8 nitrogen and oxygen atoms in total. The number of aromatic nitrogens is 2. The first-order chi connectivity index (χ1) is 16.2. The third kappa shape index (κ3) is 3.91. The zero-order chi connectivity index (χ0) is 24.0. The van der Waals surface area contributed by atoms with Crippen LogP contribution < -0.4 is 10.2 Å². The zero-order valence-corrected chi connectivity index (χ0v) is 20.1. The topological polar surface area (TPSA) is 95.5 Å². The molecule has 0 radical (unpaired) electrons. The molecule has 1 aliphatic heterocycles. The maximum Gasteiger partial charge on any atom is 0.280 e. The number of benzene rings is 1. The van der Waals surface area contributed by atoms with Crippen molar-refractivity contribution in [1.29, 1.82) is 0 Å². The van der Waals surface area contributed by atoms with Gasteiger partial charge in [0.2, 0.25) is 11.6 Å². The molecule has 0 bridgehead atoms. The summed E-state index contributed by atoms with van der Waals surface area (Å²) >= 11 is 0.952. The lowest BCUT2D eigenvalue weighted by Gasteiger charge is -2.34. The van der Waals surface area contributed by atoms with Crippen molar-refractivity contribution in [2.45, 2.75) is 19.4 Å². The van der Waals surface area contributed by atoms with E-state index in [0.717, 1.165) is 48.8 Å². The summed E-state index contributed by atoms with van der Waals surface area (Å²) in [5.41, 5.74) is 1.98. The third-order valence-electron chi connectivity index (χ3n) is 6.44. The van der Waals surface area contributed by atoms with Crippen molar-refractivity contribution in [2.75, 3.05) is 38.1 Å². The normalized spacial score (nSPS) is 16.3. The van der Waals surface area contributed by atoms with E-state index >= 15 is 0 Å². The first kappa shape index (κ1) is 22.4. The maximum absolute atomic E-state index is 13.1. The summed E-state index contributed by atoms with van der Waals surface area (Å²) in [5, 5.41) is 3.10. The second-order valence-corrected chi connectivity index (χ2v) is 10.2. The number of piperazine rings is 1. The third-order valence-corrected chi connectivity index (χ3v) is 7.49. The van der Waals surface area contributed by atoms with Gasteiger partial charge in [-0.3, -0.25) is 19.4 Å². The van der Waals surface area contributed by atoms with Gasteiger partial charge >= 0.3 is 0 Å². The number of carbonyl (C=O) groups excluding carboxylic acids is 3. The summed E-state index contributed by atoms with van der Waals surface area (Å²) in [6, 6.07) is 9.74. The van der Waals surface area contributed by atoms with Gasteiger partial charge in [0.15, 0.2) is 5.01 Å². The van der Waals surface area contributed by atoms with E-state index in [1.54, 1.807) is 0 Å². The van der Waals surface area contributed by atoms with Gasteiger partial charge in [0.25, 0.3) is 5.91 Å². The van der Waals surface area contributed by atoms with Gasteiger partial charge in [-0.25, -0.2) is 4.98 Å². The Morgan fingerprint density at radius 2 is 1.71 bits per heavy atom. The number of likely N-dealkylation sites (N-methyl/N-ethyl adjacent to an activating group) is 1. The molecule has 1 aliphatic carbocycles. The van der Waals surface area contributed by atoms with E-state index in [1.807, 2.05) is 26.0 Å². The van der Waals surface area contributed by atoms with E-state index in [2.05, 4.69) is 44.3 Å². The van der Waals surface area contributed by atoms with E-state index in [9.17, 15) is 14.4 Å². The molecule has 3 aromatic rings. The van der Waals surface area contributed by atoms with Crippen molar-refractivity contribution >= 4 is 34.5 Å². The lowest BCUT2D eigenvalue weighted by atomic mass is 9.93. The number of carbonyl (C=O) groups is 3. The molecule has 1 fully saturated rings. The van der Waals surface area contributed by atoms with Crippen molar-refractivity contribution in [3.8, 4) is 0 Å². The molecular formula is C25H25N5O3S. The summed E-state index contributed by atoms with van der Waals surface area (Å²) < 4.78 is 0. The van der Waals surface area contributed by atoms with Crippen LogP contribution >= 0.6 is 11.3 Å². The minimum atomic E-state index is -0.676. The number of pyridine rings is 1. The number of ketones is 2. The Morgan fingerprint density at radius 1 is 1.00 bits per heavy atom. The molecule has 1 amide bonds. The number of amides is 1. The van der Waals surface area contributed by atoms with E-state index < -0.39 is 11.4 Å². The summed E-state index contributed by atoms with van der Waals surface area (Å²) in [6.07, 6.45) is 2.84. The molecule has 1 N–H and O–H groups in total. The van der Waals surface area contributed by atoms with Crippen LogP contribution in [-0.2, 0) is 5.54 Å². The lowest BCUT2D eigenvalue weighted by molar-refractivity contribution is 0.0911. The van der Waals surface area contributed by atoms with Gasteiger partial charge < -0.3 is 15.1 Å². The molecule has 1 aromatic carbocycles. The Morgan fingerprint density at radius 3 is 2.41 bits per heavy atom. The standard InChI is InChI=1S/C25H25N5O3S/c1-25(2,15-4-6-16(7-5-15)30-12-10-29(3)11-13-30)28-23(33)24-27-19-20(31)18-14-26-9-8-17(18)21(32)22(19)34-24/h4-9,14H,10-13H2,1-3H3,(H,28,33). The van der Waals surface area contributed by atoms with Crippen LogP contribution in [0.15, 0.2) is 42.7 Å². The molecule has 0 unspecified atom stereocenters. The van der Waals surface area contributed by atoms with E-state index in [0.29, 0.717) is 5.56 Å². The predicted octanol–water partition coefficient (Wildman–Crippen LogP) is 2.73. The Balaban J connectivity index is 1.33. The number of hydrogen-bond donors (Lipinski definition) is 1. The maximum atomic E-state index is 13.1. The van der Waals surface area contributed by atoms with Gasteiger partial charge in [0.1, 0.15) is 10.6 Å². The minimum absolute atomic E-state index is 0.0231. The van der Waals surface area contributed by atoms with Crippen LogP contribution in [-0.4, -0.2) is 65.6 Å². The number of hydrogen-bond acceptors (Lipinski definition) is 8. The van der Waals surface area contributed by atoms with Gasteiger partial charge in [-0.1, -0.05) is 12.1 Å². The fourth-order valence-electron chi connectivity index (χ4n) is 4.31. The lowest BCUT2D eigenvalue weighted by Crippen LogP contribution is -2.44. The van der Waals surface area contributed by atoms with Crippen molar-refractivity contribution in [1.82, 2.24) is 20.2 Å². The van der Waals surface area contributed by atoms with Crippen molar-refractivity contribution in [2.24, 2.45) is 0 Å². The van der Waals surface area contributed by atoms with Crippen molar-refractivity contribution < 1.29 is 14.4 Å². The number of thiazole rings is 1. The fourth-order valence-corrected chi connectivity index (χ4v) is 5.22. The highest BCUT2D eigenvalue weighted by Gasteiger charge is 2.35. The van der Waals surface area contributed by atoms with E-state index in [4.69, 9.17) is 0 Å². The zero-order valence-electron chi connectivity index (χ0n) is 19.3. The van der Waals surface area contributed by atoms with Crippen molar-refractivity contribution in [3.63, 3.8) is 0 Å². The molecule has 2 aliphatic rings. The summed E-state index contributed by atoms with van der Waals surface area (Å²) in [4.78, 5) is 51.7. The highest BCUT2D eigenvalue weighted by molar-refractivity contribution is 7.16. The van der Waals surface area contributed by atoms with Gasteiger partial charge in [-0.05, 0) is 44.7 Å². The van der Waals surface area contributed by atoms with Gasteiger partial charge in [-0.15, -0.1) is 11.3 Å². The average Bonchev–Trinajstić information content (AvgIpc) is 3.29. The monoisotopic (exact) mass is 475 g/mol. The molecule has 174 valence electrons. The highest BCUT2D eigenvalue weighted by atomic mass is 32.1. The van der Waals surface area contributed by atoms with E-state index in [1.165, 1.54) is 18.5 Å². The minimum Gasteiger partial charge on any atom is -0.369 e. The molecule has 2 aromatic heterocycles. The summed E-state index contributed by atoms with van der Waals surface area (Å²) in [6.45, 7) is 7.88. The summed E-state index contributed by atoms with van der Waals surface area (Å²) in [7, 11) is 2.13. The number of rotatable bonds is 4. The number of fused-ring (bicyclic) bond motifs is 2. The SMILES string of the molecule is CN1CCN(c2ccc(C(C)(C)NC(=O)c3nc4c(s3)C(=O)c3ccncc3C4=O)cc2)CC1. The van der Waals surface area contributed by atoms with Crippen LogP contribution in [0.1, 0.15) is 60.5 Å². The smallest absolute Gasteiger partial charge is 0.280 e. The second-order valence-electron chi connectivity index (χ2n) is 9.19. The van der Waals surface area contributed by atoms with Crippen LogP contribution in [0, 0.1) is 0 Å². The van der Waals surface area contributed by atoms with Gasteiger partial charge in [0.05, 0.1) is 11.1 Å². The fraction of sp³-hybridized carbons (Fsp3) is 0.320. The number of nitrogens with zero attached hydrogens (tertiary/aromatic N) is 4. The van der Waals surface area contributed by atoms with Crippen LogP contribution in [0.25, 0.3) is 0 Å². The highest BCUT2D eigenvalue weighted by Crippen LogP contribution is 2.31. The van der Waals surface area contributed by atoms with Crippen LogP contribution in [0.5, 0.6) is 0 Å². The first-order valence-electron chi connectivity index (χ1n) is 11.2. The second kappa shape index (κ2) is 8.41. The van der Waals surface area contributed by atoms with Crippen LogP contribution in [0.3, 0.4) is 0 Å². The first-order valence-corrected chi connectivity index (χ1v) is 12.0. The quantitative estimate of drug-likeness (QED) is 0.485. The summed E-state index contributed by atoms with van der Waals surface area (Å²) in [5.74, 6) is -1.11. The average molecular weight is 476 g/mol. The largest absolute Gasteiger partial charge is 0.369 e. The number of anilines is 1. The predicted molar refractivity (Wildman–Crippen MR) is 130 cm³/mol. The van der Waals surface area contributed by atoms with E-state index in [-0.39, 0.29) is 32.7 Å². The molecule has 1 saturated heterocycles. The molecule has 34 heavy (non-hydrogen) atoms. The van der Waals surface area contributed by atoms with Crippen LogP contribution in [0.2, 0.25) is 0 Å². The molecule has 5 rings (SSSR count). The molecular weight excluding hydrogens is 450 g/mol. The number of nitrogens with one attached hydrogen (secondary N) is 1. The Labute approximate surface area is 201 Å².